The molecule has 1 saturated carbocycles. The van der Waals surface area contributed by atoms with E-state index in [1.807, 2.05) is 6.92 Å². The first-order valence-corrected chi connectivity index (χ1v) is 10.1. The highest BCUT2D eigenvalue weighted by Crippen LogP contribution is 2.41. The SMILES string of the molecule is CCOC(=O)N1CCC(NC(=NC)NC2CC2c2ccc(Br)cc2)CC1.I. The second-order valence-electron chi connectivity index (χ2n) is 6.82. The van der Waals surface area contributed by atoms with Crippen LogP contribution in [0.5, 0.6) is 0 Å². The third-order valence-electron chi connectivity index (χ3n) is 5.00. The monoisotopic (exact) mass is 550 g/mol. The second-order valence-corrected chi connectivity index (χ2v) is 7.74. The van der Waals surface area contributed by atoms with Gasteiger partial charge in [0.05, 0.1) is 6.61 Å². The van der Waals surface area contributed by atoms with E-state index in [1.165, 1.54) is 5.56 Å². The van der Waals surface area contributed by atoms with E-state index < -0.39 is 0 Å². The molecule has 8 heteroatoms. The molecule has 1 amide bonds. The Morgan fingerprint density at radius 3 is 2.52 bits per heavy atom. The first-order valence-electron chi connectivity index (χ1n) is 9.27. The molecular formula is C19H28BrIN4O2. The zero-order valence-corrected chi connectivity index (χ0v) is 19.7. The molecule has 0 spiro atoms. The number of ether oxygens (including phenoxy) is 1. The topological polar surface area (TPSA) is 66.0 Å². The first-order chi connectivity index (χ1) is 12.6. The maximum Gasteiger partial charge on any atom is 0.409 e. The van der Waals surface area contributed by atoms with Crippen molar-refractivity contribution >= 4 is 52.0 Å². The van der Waals surface area contributed by atoms with E-state index in [1.54, 1.807) is 11.9 Å². The van der Waals surface area contributed by atoms with Crippen LogP contribution in [0, 0.1) is 0 Å². The minimum atomic E-state index is -0.205. The number of guanidine groups is 1. The van der Waals surface area contributed by atoms with Gasteiger partial charge in [-0.3, -0.25) is 4.99 Å². The Bertz CT molecular complexity index is 648. The summed E-state index contributed by atoms with van der Waals surface area (Å²) in [6.07, 6.45) is 2.73. The van der Waals surface area contributed by atoms with Gasteiger partial charge < -0.3 is 20.3 Å². The number of nitrogens with one attached hydrogen (secondary N) is 2. The molecule has 3 rings (SSSR count). The molecule has 1 aromatic carbocycles. The lowest BCUT2D eigenvalue weighted by Crippen LogP contribution is -2.50. The van der Waals surface area contributed by atoms with Crippen LogP contribution in [0.25, 0.3) is 0 Å². The largest absolute Gasteiger partial charge is 0.450 e. The van der Waals surface area contributed by atoms with Gasteiger partial charge in [-0.25, -0.2) is 4.79 Å². The average Bonchev–Trinajstić information content (AvgIpc) is 3.41. The zero-order valence-electron chi connectivity index (χ0n) is 15.8. The number of rotatable bonds is 4. The Labute approximate surface area is 186 Å². The number of likely N-dealkylation sites (tertiary alicyclic amines) is 1. The predicted octanol–water partition coefficient (Wildman–Crippen LogP) is 3.71. The first kappa shape index (κ1) is 22.3. The molecule has 27 heavy (non-hydrogen) atoms. The van der Waals surface area contributed by atoms with E-state index in [4.69, 9.17) is 4.74 Å². The van der Waals surface area contributed by atoms with Gasteiger partial charge in [-0.05, 0) is 43.9 Å². The van der Waals surface area contributed by atoms with Crippen molar-refractivity contribution in [3.63, 3.8) is 0 Å². The molecule has 6 nitrogen and oxygen atoms in total. The lowest BCUT2D eigenvalue weighted by atomic mass is 10.1. The Morgan fingerprint density at radius 2 is 1.93 bits per heavy atom. The molecule has 0 bridgehead atoms. The number of hydrogen-bond acceptors (Lipinski definition) is 3. The zero-order chi connectivity index (χ0) is 18.5. The average molecular weight is 551 g/mol. The van der Waals surface area contributed by atoms with Crippen LogP contribution in [-0.4, -0.2) is 55.8 Å². The van der Waals surface area contributed by atoms with Crippen molar-refractivity contribution in [2.45, 2.75) is 44.2 Å². The van der Waals surface area contributed by atoms with Crippen molar-refractivity contribution in [2.75, 3.05) is 26.7 Å². The number of amides is 1. The fourth-order valence-electron chi connectivity index (χ4n) is 3.39. The Morgan fingerprint density at radius 1 is 1.26 bits per heavy atom. The standard InChI is InChI=1S/C19H27BrN4O2.HI/c1-3-26-19(25)24-10-8-15(9-11-24)22-18(21-2)23-17-12-16(17)13-4-6-14(20)7-5-13;/h4-7,15-17H,3,8-12H2,1-2H3,(H2,21,22,23);1H. The number of aliphatic imine (C=N–C) groups is 1. The third-order valence-corrected chi connectivity index (χ3v) is 5.52. The van der Waals surface area contributed by atoms with Crippen LogP contribution in [0.2, 0.25) is 0 Å². The van der Waals surface area contributed by atoms with Gasteiger partial charge in [0, 0.05) is 42.6 Å². The van der Waals surface area contributed by atoms with Crippen LogP contribution in [0.1, 0.15) is 37.7 Å². The van der Waals surface area contributed by atoms with Gasteiger partial charge >= 0.3 is 6.09 Å². The van der Waals surface area contributed by atoms with Crippen LogP contribution in [0.15, 0.2) is 33.7 Å². The maximum atomic E-state index is 11.8. The van der Waals surface area contributed by atoms with E-state index in [0.29, 0.717) is 24.6 Å². The number of carbonyl (C=O) groups is 1. The number of halogens is 2. The number of benzene rings is 1. The Balaban J connectivity index is 0.00000261. The van der Waals surface area contributed by atoms with Crippen LogP contribution < -0.4 is 10.6 Å². The van der Waals surface area contributed by atoms with Gasteiger partial charge in [-0.1, -0.05) is 28.1 Å². The molecule has 1 aliphatic heterocycles. The summed E-state index contributed by atoms with van der Waals surface area (Å²) in [5, 5.41) is 7.03. The van der Waals surface area contributed by atoms with E-state index in [-0.39, 0.29) is 30.1 Å². The van der Waals surface area contributed by atoms with E-state index in [9.17, 15) is 4.79 Å². The van der Waals surface area contributed by atoms with Crippen LogP contribution in [0.4, 0.5) is 4.79 Å². The van der Waals surface area contributed by atoms with E-state index >= 15 is 0 Å². The minimum Gasteiger partial charge on any atom is -0.450 e. The van der Waals surface area contributed by atoms with Gasteiger partial charge in [-0.2, -0.15) is 0 Å². The van der Waals surface area contributed by atoms with Crippen molar-refractivity contribution in [3.05, 3.63) is 34.3 Å². The molecule has 1 aliphatic carbocycles. The maximum absolute atomic E-state index is 11.8. The molecule has 2 atom stereocenters. The highest BCUT2D eigenvalue weighted by molar-refractivity contribution is 14.0. The van der Waals surface area contributed by atoms with Crippen LogP contribution in [0.3, 0.4) is 0 Å². The highest BCUT2D eigenvalue weighted by atomic mass is 127. The van der Waals surface area contributed by atoms with Crippen molar-refractivity contribution in [3.8, 4) is 0 Å². The van der Waals surface area contributed by atoms with Gasteiger partial charge in [0.25, 0.3) is 0 Å². The molecular weight excluding hydrogens is 523 g/mol. The van der Waals surface area contributed by atoms with Crippen LogP contribution in [-0.2, 0) is 4.74 Å². The predicted molar refractivity (Wildman–Crippen MR) is 122 cm³/mol. The molecule has 1 aromatic rings. The molecule has 0 aromatic heterocycles. The lowest BCUT2D eigenvalue weighted by Gasteiger charge is -2.32. The normalized spacial score (nSPS) is 22.6. The number of piperidine rings is 1. The molecule has 1 heterocycles. The van der Waals surface area contributed by atoms with Gasteiger partial charge in [0.15, 0.2) is 5.96 Å². The quantitative estimate of drug-likeness (QED) is 0.341. The minimum absolute atomic E-state index is 0. The summed E-state index contributed by atoms with van der Waals surface area (Å²) >= 11 is 3.48. The molecule has 2 unspecified atom stereocenters. The summed E-state index contributed by atoms with van der Waals surface area (Å²) < 4.78 is 6.18. The lowest BCUT2D eigenvalue weighted by molar-refractivity contribution is 0.0963. The molecule has 2 aliphatic rings. The summed E-state index contributed by atoms with van der Waals surface area (Å²) in [6.45, 7) is 3.70. The molecule has 150 valence electrons. The van der Waals surface area contributed by atoms with Crippen molar-refractivity contribution < 1.29 is 9.53 Å². The van der Waals surface area contributed by atoms with Crippen molar-refractivity contribution in [1.82, 2.24) is 15.5 Å². The molecule has 1 saturated heterocycles. The van der Waals surface area contributed by atoms with E-state index in [0.717, 1.165) is 42.8 Å². The second kappa shape index (κ2) is 10.5. The fourth-order valence-corrected chi connectivity index (χ4v) is 3.66. The smallest absolute Gasteiger partial charge is 0.409 e. The summed E-state index contributed by atoms with van der Waals surface area (Å²) in [4.78, 5) is 17.9. The summed E-state index contributed by atoms with van der Waals surface area (Å²) in [6, 6.07) is 9.30. The molecule has 2 fully saturated rings. The fraction of sp³-hybridized carbons (Fsp3) is 0.579. The summed E-state index contributed by atoms with van der Waals surface area (Å²) in [7, 11) is 1.81. The summed E-state index contributed by atoms with van der Waals surface area (Å²) in [5.41, 5.74) is 1.36. The number of hydrogen-bond donors (Lipinski definition) is 2. The van der Waals surface area contributed by atoms with E-state index in [2.05, 4.69) is 55.8 Å². The van der Waals surface area contributed by atoms with Crippen molar-refractivity contribution in [2.24, 2.45) is 4.99 Å². The van der Waals surface area contributed by atoms with Gasteiger partial charge in [0.1, 0.15) is 0 Å². The molecule has 0 radical (unpaired) electrons. The third kappa shape index (κ3) is 6.23. The highest BCUT2D eigenvalue weighted by Gasteiger charge is 2.39. The Hall–Kier alpha value is -1.03. The Kier molecular flexibility index (Phi) is 8.65. The number of carbonyl (C=O) groups excluding carboxylic acids is 1. The van der Waals surface area contributed by atoms with Gasteiger partial charge in [0.2, 0.25) is 0 Å². The summed E-state index contributed by atoms with van der Waals surface area (Å²) in [5.74, 6) is 1.40. The molecule has 2 N–H and O–H groups in total. The number of nitrogens with zero attached hydrogens (tertiary/aromatic N) is 2. The van der Waals surface area contributed by atoms with Crippen LogP contribution >= 0.6 is 39.9 Å². The van der Waals surface area contributed by atoms with Crippen molar-refractivity contribution in [1.29, 1.82) is 0 Å². The van der Waals surface area contributed by atoms with Gasteiger partial charge in [-0.15, -0.1) is 24.0 Å².